The molecule has 0 spiro atoms. The number of carboxylic acids is 1. The van der Waals surface area contributed by atoms with Crippen molar-refractivity contribution in [3.05, 3.63) is 101 Å². The zero-order valence-corrected chi connectivity index (χ0v) is 22.6. The maximum atomic E-state index is 13.1. The first-order valence-electron chi connectivity index (χ1n) is 13.0. The molecular formula is C30H32N2O6S. The van der Waals surface area contributed by atoms with Gasteiger partial charge in [0.15, 0.2) is 5.78 Å². The van der Waals surface area contributed by atoms with Crippen LogP contribution in [0.4, 0.5) is 0 Å². The fraction of sp³-hybridized carbons (Fsp3) is 0.300. The van der Waals surface area contributed by atoms with E-state index in [0.29, 0.717) is 24.0 Å². The number of hydrogen-bond acceptors (Lipinski definition) is 5. The number of amides is 1. The average Bonchev–Trinajstić information content (AvgIpc) is 3.45. The van der Waals surface area contributed by atoms with E-state index in [2.05, 4.69) is 5.32 Å². The van der Waals surface area contributed by atoms with Crippen LogP contribution in [-0.4, -0.2) is 54.1 Å². The quantitative estimate of drug-likeness (QED) is 0.353. The molecule has 1 saturated heterocycles. The third-order valence-electron chi connectivity index (χ3n) is 6.96. The van der Waals surface area contributed by atoms with Gasteiger partial charge in [0, 0.05) is 24.9 Å². The molecule has 39 heavy (non-hydrogen) atoms. The number of ketones is 1. The number of carbonyl (C=O) groups is 3. The first kappa shape index (κ1) is 28.2. The maximum Gasteiger partial charge on any atom is 0.326 e. The lowest BCUT2D eigenvalue weighted by molar-refractivity contribution is -0.142. The van der Waals surface area contributed by atoms with Gasteiger partial charge in [-0.15, -0.1) is 0 Å². The zero-order valence-electron chi connectivity index (χ0n) is 21.7. The summed E-state index contributed by atoms with van der Waals surface area (Å²) in [4.78, 5) is 37.9. The molecule has 1 amide bonds. The molecule has 1 aliphatic rings. The largest absolute Gasteiger partial charge is 0.480 e. The van der Waals surface area contributed by atoms with Gasteiger partial charge < -0.3 is 10.4 Å². The van der Waals surface area contributed by atoms with Crippen molar-refractivity contribution in [2.45, 2.75) is 56.0 Å². The summed E-state index contributed by atoms with van der Waals surface area (Å²) >= 11 is 0. The van der Waals surface area contributed by atoms with Crippen LogP contribution in [-0.2, 0) is 38.9 Å². The highest BCUT2D eigenvalue weighted by Gasteiger charge is 2.40. The van der Waals surface area contributed by atoms with E-state index in [1.165, 1.54) is 12.1 Å². The predicted molar refractivity (Wildman–Crippen MR) is 147 cm³/mol. The minimum absolute atomic E-state index is 0.000277. The predicted octanol–water partition coefficient (Wildman–Crippen LogP) is 3.64. The number of carbonyl (C=O) groups excluding carboxylic acids is 2. The van der Waals surface area contributed by atoms with Gasteiger partial charge in [0.2, 0.25) is 15.9 Å². The van der Waals surface area contributed by atoms with Crippen molar-refractivity contribution in [2.24, 2.45) is 0 Å². The Morgan fingerprint density at radius 3 is 2.31 bits per heavy atom. The molecule has 1 unspecified atom stereocenters. The molecule has 0 bridgehead atoms. The van der Waals surface area contributed by atoms with Gasteiger partial charge in [-0.2, -0.15) is 4.31 Å². The van der Waals surface area contributed by atoms with Crippen molar-refractivity contribution in [3.8, 4) is 0 Å². The summed E-state index contributed by atoms with van der Waals surface area (Å²) in [6.07, 6.45) is 1.91. The summed E-state index contributed by atoms with van der Waals surface area (Å²) in [5, 5.41) is 12.3. The Morgan fingerprint density at radius 2 is 1.64 bits per heavy atom. The normalized spacial score (nSPS) is 16.5. The molecule has 3 aromatic carbocycles. The van der Waals surface area contributed by atoms with E-state index in [1.54, 1.807) is 48.5 Å². The van der Waals surface area contributed by atoms with Gasteiger partial charge in [0.1, 0.15) is 12.1 Å². The second-order valence-electron chi connectivity index (χ2n) is 9.66. The van der Waals surface area contributed by atoms with Gasteiger partial charge in [0.25, 0.3) is 0 Å². The summed E-state index contributed by atoms with van der Waals surface area (Å²) in [6.45, 7) is 2.22. The van der Waals surface area contributed by atoms with Crippen molar-refractivity contribution in [3.63, 3.8) is 0 Å². The standard InChI is InChI=1S/C30H32N2O6S/c1-2-21-8-6-9-24(18-21)28(33)20-23-15-13-22(14-16-23)19-26(30(35)36)31-29(34)27-12-7-17-32(27)39(37,38)25-10-4-3-5-11-25/h3-6,8-11,13-16,18,26-27H,2,7,12,17,19-20H2,1H3,(H,31,34)(H,35,36)/t26?,27-/m0/s1. The van der Waals surface area contributed by atoms with Gasteiger partial charge in [0.05, 0.1) is 4.90 Å². The van der Waals surface area contributed by atoms with Gasteiger partial charge in [-0.3, -0.25) is 9.59 Å². The Morgan fingerprint density at radius 1 is 0.949 bits per heavy atom. The van der Waals surface area contributed by atoms with E-state index in [0.717, 1.165) is 21.9 Å². The Labute approximate surface area is 228 Å². The first-order valence-corrected chi connectivity index (χ1v) is 14.4. The molecule has 8 nitrogen and oxygen atoms in total. The average molecular weight is 549 g/mol. The maximum absolute atomic E-state index is 13.1. The van der Waals surface area contributed by atoms with Crippen LogP contribution in [0.15, 0.2) is 83.8 Å². The Balaban J connectivity index is 1.40. The molecular weight excluding hydrogens is 516 g/mol. The van der Waals surface area contributed by atoms with E-state index >= 15 is 0 Å². The van der Waals surface area contributed by atoms with Crippen LogP contribution in [0.3, 0.4) is 0 Å². The van der Waals surface area contributed by atoms with Gasteiger partial charge in [-0.25, -0.2) is 13.2 Å². The number of rotatable bonds is 11. The molecule has 1 heterocycles. The van der Waals surface area contributed by atoms with Crippen molar-refractivity contribution in [2.75, 3.05) is 6.54 Å². The van der Waals surface area contributed by atoms with E-state index in [4.69, 9.17) is 0 Å². The summed E-state index contributed by atoms with van der Waals surface area (Å²) in [6, 6.07) is 20.3. The van der Waals surface area contributed by atoms with Crippen molar-refractivity contribution in [1.29, 1.82) is 0 Å². The highest BCUT2D eigenvalue weighted by molar-refractivity contribution is 7.89. The zero-order chi connectivity index (χ0) is 28.0. The smallest absolute Gasteiger partial charge is 0.326 e. The minimum Gasteiger partial charge on any atom is -0.480 e. The van der Waals surface area contributed by atoms with E-state index < -0.39 is 34.0 Å². The summed E-state index contributed by atoms with van der Waals surface area (Å²) in [7, 11) is -3.89. The second-order valence-corrected chi connectivity index (χ2v) is 11.6. The highest BCUT2D eigenvalue weighted by atomic mass is 32.2. The third kappa shape index (κ3) is 6.79. The molecule has 1 fully saturated rings. The SMILES string of the molecule is CCc1cccc(C(=O)Cc2ccc(CC(NC(=O)[C@@H]3CCCN3S(=O)(=O)c3ccccc3)C(=O)O)cc2)c1. The van der Waals surface area contributed by atoms with Crippen LogP contribution in [0.1, 0.15) is 46.8 Å². The number of hydrogen-bond donors (Lipinski definition) is 2. The molecule has 3 aromatic rings. The Bertz CT molecular complexity index is 1440. The summed E-state index contributed by atoms with van der Waals surface area (Å²) in [5.74, 6) is -1.84. The molecule has 0 radical (unpaired) electrons. The molecule has 0 saturated carbocycles. The molecule has 2 N–H and O–H groups in total. The van der Waals surface area contributed by atoms with Crippen LogP contribution in [0.2, 0.25) is 0 Å². The lowest BCUT2D eigenvalue weighted by Crippen LogP contribution is -2.51. The third-order valence-corrected chi connectivity index (χ3v) is 8.88. The van der Waals surface area contributed by atoms with Crippen LogP contribution >= 0.6 is 0 Å². The molecule has 0 aliphatic carbocycles. The van der Waals surface area contributed by atoms with Crippen LogP contribution in [0.25, 0.3) is 0 Å². The minimum atomic E-state index is -3.89. The van der Waals surface area contributed by atoms with Crippen LogP contribution in [0.5, 0.6) is 0 Å². The molecule has 4 rings (SSSR count). The van der Waals surface area contributed by atoms with E-state index in [1.807, 2.05) is 25.1 Å². The van der Waals surface area contributed by atoms with Crippen LogP contribution < -0.4 is 5.32 Å². The van der Waals surface area contributed by atoms with Crippen molar-refractivity contribution < 1.29 is 27.9 Å². The topological polar surface area (TPSA) is 121 Å². The number of aryl methyl sites for hydroxylation is 1. The van der Waals surface area contributed by atoms with Gasteiger partial charge in [-0.05, 0) is 54.2 Å². The second kappa shape index (κ2) is 12.4. The fourth-order valence-corrected chi connectivity index (χ4v) is 6.44. The van der Waals surface area contributed by atoms with E-state index in [9.17, 15) is 27.9 Å². The lowest BCUT2D eigenvalue weighted by Gasteiger charge is -2.25. The first-order chi connectivity index (χ1) is 18.7. The number of benzene rings is 3. The lowest BCUT2D eigenvalue weighted by atomic mass is 9.98. The van der Waals surface area contributed by atoms with Crippen molar-refractivity contribution in [1.82, 2.24) is 9.62 Å². The number of aliphatic carboxylic acids is 1. The van der Waals surface area contributed by atoms with Crippen molar-refractivity contribution >= 4 is 27.7 Å². The number of nitrogens with one attached hydrogen (secondary N) is 1. The summed E-state index contributed by atoms with van der Waals surface area (Å²) < 4.78 is 27.3. The number of carboxylic acid groups (broad SMARTS) is 1. The van der Waals surface area contributed by atoms with E-state index in [-0.39, 0.29) is 30.1 Å². The Kier molecular flexibility index (Phi) is 8.93. The summed E-state index contributed by atoms with van der Waals surface area (Å²) in [5.41, 5.74) is 3.22. The molecule has 1 aliphatic heterocycles. The number of nitrogens with zero attached hydrogens (tertiary/aromatic N) is 1. The fourth-order valence-electron chi connectivity index (χ4n) is 4.77. The molecule has 0 aromatic heterocycles. The highest BCUT2D eigenvalue weighted by Crippen LogP contribution is 2.26. The van der Waals surface area contributed by atoms with Gasteiger partial charge >= 0.3 is 5.97 Å². The molecule has 204 valence electrons. The van der Waals surface area contributed by atoms with Crippen LogP contribution in [0, 0.1) is 0 Å². The number of Topliss-reactive ketones (excluding diaryl/α,β-unsaturated/α-hetero) is 1. The van der Waals surface area contributed by atoms with Gasteiger partial charge in [-0.1, -0.05) is 67.6 Å². The molecule has 2 atom stereocenters. The molecule has 9 heteroatoms. The monoisotopic (exact) mass is 548 g/mol. The number of sulfonamides is 1. The Hall–Kier alpha value is -3.82.